The van der Waals surface area contributed by atoms with Gasteiger partial charge in [0.2, 0.25) is 0 Å². The highest BCUT2D eigenvalue weighted by Crippen LogP contribution is 2.36. The third-order valence-corrected chi connectivity index (χ3v) is 5.23. The molecule has 4 rings (SSSR count). The van der Waals surface area contributed by atoms with Crippen molar-refractivity contribution in [1.29, 1.82) is 0 Å². The second-order valence-electron chi connectivity index (χ2n) is 7.88. The van der Waals surface area contributed by atoms with Gasteiger partial charge in [0, 0.05) is 31.5 Å². The van der Waals surface area contributed by atoms with Gasteiger partial charge in [0.05, 0.1) is 17.4 Å². The molecule has 2 aromatic heterocycles. The van der Waals surface area contributed by atoms with Crippen LogP contribution in [0, 0.1) is 11.6 Å². The SMILES string of the molecule is CN(C)c1cc(C(F)(F)F)c(NC(=O)c2cc3cc(F)ccc3n2Cc2cccc(F)c2)cn1. The summed E-state index contributed by atoms with van der Waals surface area (Å²) in [4.78, 5) is 18.5. The average Bonchev–Trinajstić information content (AvgIpc) is 3.10. The Bertz CT molecular complexity index is 1380. The number of fused-ring (bicyclic) bond motifs is 1. The summed E-state index contributed by atoms with van der Waals surface area (Å²) in [6.07, 6.45) is -3.80. The first-order chi connectivity index (χ1) is 16.0. The molecule has 34 heavy (non-hydrogen) atoms. The van der Waals surface area contributed by atoms with Crippen LogP contribution in [0.3, 0.4) is 0 Å². The summed E-state index contributed by atoms with van der Waals surface area (Å²) in [6.45, 7) is 0.0413. The number of amides is 1. The van der Waals surface area contributed by atoms with E-state index in [2.05, 4.69) is 10.3 Å². The summed E-state index contributed by atoms with van der Waals surface area (Å²) in [5.41, 5.74) is -0.610. The van der Waals surface area contributed by atoms with Gasteiger partial charge >= 0.3 is 6.18 Å². The normalized spacial score (nSPS) is 11.6. The Morgan fingerprint density at radius 2 is 1.76 bits per heavy atom. The molecule has 2 aromatic carbocycles. The highest BCUT2D eigenvalue weighted by Gasteiger charge is 2.35. The number of hydrogen-bond acceptors (Lipinski definition) is 3. The van der Waals surface area contributed by atoms with Crippen LogP contribution in [-0.2, 0) is 12.7 Å². The van der Waals surface area contributed by atoms with Gasteiger partial charge in [-0.1, -0.05) is 12.1 Å². The Labute approximate surface area is 191 Å². The number of alkyl halides is 3. The van der Waals surface area contributed by atoms with E-state index in [9.17, 15) is 26.7 Å². The van der Waals surface area contributed by atoms with Crippen molar-refractivity contribution in [3.05, 3.63) is 89.2 Å². The van der Waals surface area contributed by atoms with Crippen molar-refractivity contribution in [1.82, 2.24) is 9.55 Å². The molecule has 5 nitrogen and oxygen atoms in total. The van der Waals surface area contributed by atoms with E-state index in [1.165, 1.54) is 51.9 Å². The number of benzene rings is 2. The van der Waals surface area contributed by atoms with E-state index in [4.69, 9.17) is 0 Å². The highest BCUT2D eigenvalue weighted by atomic mass is 19.4. The molecule has 0 spiro atoms. The summed E-state index contributed by atoms with van der Waals surface area (Å²) in [5, 5.41) is 2.66. The quantitative estimate of drug-likeness (QED) is 0.378. The largest absolute Gasteiger partial charge is 0.418 e. The minimum Gasteiger partial charge on any atom is -0.363 e. The second kappa shape index (κ2) is 8.77. The molecular weight excluding hydrogens is 455 g/mol. The molecule has 10 heteroatoms. The van der Waals surface area contributed by atoms with Gasteiger partial charge in [0.1, 0.15) is 23.1 Å². The van der Waals surface area contributed by atoms with Gasteiger partial charge < -0.3 is 14.8 Å². The lowest BCUT2D eigenvalue weighted by atomic mass is 10.2. The summed E-state index contributed by atoms with van der Waals surface area (Å²) >= 11 is 0. The van der Waals surface area contributed by atoms with Crippen molar-refractivity contribution in [3.8, 4) is 0 Å². The van der Waals surface area contributed by atoms with Crippen molar-refractivity contribution in [2.75, 3.05) is 24.3 Å². The zero-order chi connectivity index (χ0) is 24.6. The lowest BCUT2D eigenvalue weighted by Gasteiger charge is -2.18. The molecule has 0 fully saturated rings. The highest BCUT2D eigenvalue weighted by molar-refractivity contribution is 6.06. The van der Waals surface area contributed by atoms with Crippen LogP contribution in [0.25, 0.3) is 10.9 Å². The number of nitrogens with one attached hydrogen (secondary N) is 1. The summed E-state index contributed by atoms with van der Waals surface area (Å²) in [7, 11) is 3.09. The first-order valence-electron chi connectivity index (χ1n) is 10.1. The van der Waals surface area contributed by atoms with Crippen molar-refractivity contribution < 1.29 is 26.7 Å². The lowest BCUT2D eigenvalue weighted by Crippen LogP contribution is -2.21. The number of aromatic nitrogens is 2. The van der Waals surface area contributed by atoms with Crippen LogP contribution in [0.1, 0.15) is 21.6 Å². The fourth-order valence-electron chi connectivity index (χ4n) is 3.63. The Morgan fingerprint density at radius 3 is 2.44 bits per heavy atom. The summed E-state index contributed by atoms with van der Waals surface area (Å²) in [6, 6.07) is 11.8. The van der Waals surface area contributed by atoms with E-state index in [1.807, 2.05) is 0 Å². The maximum atomic E-state index is 13.8. The summed E-state index contributed by atoms with van der Waals surface area (Å²) < 4.78 is 70.0. The van der Waals surface area contributed by atoms with Gasteiger partial charge in [0.15, 0.2) is 0 Å². The van der Waals surface area contributed by atoms with Crippen LogP contribution < -0.4 is 10.2 Å². The molecule has 0 saturated carbocycles. The molecule has 0 aliphatic carbocycles. The molecule has 0 radical (unpaired) electrons. The monoisotopic (exact) mass is 474 g/mol. The van der Waals surface area contributed by atoms with E-state index in [0.29, 0.717) is 16.5 Å². The summed E-state index contributed by atoms with van der Waals surface area (Å²) in [5.74, 6) is -1.79. The molecule has 0 aliphatic rings. The first-order valence-corrected chi connectivity index (χ1v) is 10.1. The number of halogens is 5. The third kappa shape index (κ3) is 4.70. The van der Waals surface area contributed by atoms with Gasteiger partial charge in [-0.05, 0) is 48.0 Å². The van der Waals surface area contributed by atoms with Crippen LogP contribution in [0.5, 0.6) is 0 Å². The van der Waals surface area contributed by atoms with E-state index in [1.54, 1.807) is 20.2 Å². The first kappa shape index (κ1) is 23.2. The number of nitrogens with zero attached hydrogens (tertiary/aromatic N) is 3. The van der Waals surface area contributed by atoms with Gasteiger partial charge in [-0.25, -0.2) is 13.8 Å². The molecule has 0 bridgehead atoms. The number of pyridine rings is 1. The predicted octanol–water partition coefficient (Wildman–Crippen LogP) is 5.70. The van der Waals surface area contributed by atoms with Gasteiger partial charge in [-0.2, -0.15) is 13.2 Å². The number of carbonyl (C=O) groups is 1. The minimum atomic E-state index is -4.74. The van der Waals surface area contributed by atoms with E-state index in [0.717, 1.165) is 12.3 Å². The average molecular weight is 474 g/mol. The standard InChI is InChI=1S/C24H19F5N4O/c1-32(2)22-11-18(24(27,28)29)19(12-30-22)31-23(34)21-10-15-9-17(26)6-7-20(15)33(21)13-14-4-3-5-16(25)8-14/h3-12H,13H2,1-2H3,(H,31,34). The molecule has 4 aromatic rings. The Hall–Kier alpha value is -3.95. The third-order valence-electron chi connectivity index (χ3n) is 5.23. The second-order valence-corrected chi connectivity index (χ2v) is 7.88. The molecular formula is C24H19F5N4O. The molecule has 1 N–H and O–H groups in total. The fraction of sp³-hybridized carbons (Fsp3) is 0.167. The molecule has 0 unspecified atom stereocenters. The number of carbonyl (C=O) groups excluding carboxylic acids is 1. The number of hydrogen-bond donors (Lipinski definition) is 1. The lowest BCUT2D eigenvalue weighted by molar-refractivity contribution is -0.136. The van der Waals surface area contributed by atoms with Gasteiger partial charge in [-0.3, -0.25) is 4.79 Å². The Kier molecular flexibility index (Phi) is 5.99. The van der Waals surface area contributed by atoms with Crippen molar-refractivity contribution >= 4 is 28.3 Å². The number of rotatable bonds is 5. The van der Waals surface area contributed by atoms with E-state index < -0.39 is 35.0 Å². The zero-order valence-corrected chi connectivity index (χ0v) is 18.1. The molecule has 0 saturated heterocycles. The predicted molar refractivity (Wildman–Crippen MR) is 119 cm³/mol. The molecule has 0 atom stereocenters. The fourth-order valence-corrected chi connectivity index (χ4v) is 3.63. The van der Waals surface area contributed by atoms with Gasteiger partial charge in [0.25, 0.3) is 5.91 Å². The maximum Gasteiger partial charge on any atom is 0.418 e. The smallest absolute Gasteiger partial charge is 0.363 e. The van der Waals surface area contributed by atoms with E-state index in [-0.39, 0.29) is 18.1 Å². The van der Waals surface area contributed by atoms with Crippen molar-refractivity contribution in [2.45, 2.75) is 12.7 Å². The van der Waals surface area contributed by atoms with Crippen LogP contribution in [0.4, 0.5) is 33.5 Å². The van der Waals surface area contributed by atoms with Gasteiger partial charge in [-0.15, -0.1) is 0 Å². The van der Waals surface area contributed by atoms with E-state index >= 15 is 0 Å². The molecule has 1 amide bonds. The zero-order valence-electron chi connectivity index (χ0n) is 18.1. The van der Waals surface area contributed by atoms with Crippen LogP contribution in [-0.4, -0.2) is 29.6 Å². The Morgan fingerprint density at radius 1 is 1.03 bits per heavy atom. The van der Waals surface area contributed by atoms with Crippen LogP contribution in [0.2, 0.25) is 0 Å². The number of anilines is 2. The molecule has 2 heterocycles. The van der Waals surface area contributed by atoms with Crippen molar-refractivity contribution in [2.24, 2.45) is 0 Å². The minimum absolute atomic E-state index is 0.0188. The molecule has 0 aliphatic heterocycles. The van der Waals surface area contributed by atoms with Crippen LogP contribution in [0.15, 0.2) is 60.8 Å². The van der Waals surface area contributed by atoms with Crippen molar-refractivity contribution in [3.63, 3.8) is 0 Å². The molecule has 176 valence electrons. The topological polar surface area (TPSA) is 50.2 Å². The Balaban J connectivity index is 1.77. The maximum absolute atomic E-state index is 13.8. The van der Waals surface area contributed by atoms with Crippen LogP contribution >= 0.6 is 0 Å².